The molecule has 1 atom stereocenters. The van der Waals surface area contributed by atoms with Gasteiger partial charge in [0.25, 0.3) is 12.0 Å². The van der Waals surface area contributed by atoms with E-state index in [1.165, 1.54) is 22.8 Å². The molecule has 176 valence electrons. The molecule has 0 saturated heterocycles. The van der Waals surface area contributed by atoms with Gasteiger partial charge in [0, 0.05) is 47.5 Å². The van der Waals surface area contributed by atoms with E-state index in [0.29, 0.717) is 16.5 Å². The van der Waals surface area contributed by atoms with Crippen LogP contribution in [0.4, 0.5) is 27.8 Å². The molecule has 3 aromatic rings. The average Bonchev–Trinajstić information content (AvgIpc) is 2.75. The first kappa shape index (κ1) is 23.1. The van der Waals surface area contributed by atoms with Crippen molar-refractivity contribution >= 4 is 16.6 Å². The molecule has 2 heterocycles. The van der Waals surface area contributed by atoms with Crippen LogP contribution in [0.15, 0.2) is 35.3 Å². The van der Waals surface area contributed by atoms with Crippen molar-refractivity contribution < 1.29 is 22.0 Å². The summed E-state index contributed by atoms with van der Waals surface area (Å²) in [7, 11) is 0. The van der Waals surface area contributed by atoms with Crippen molar-refractivity contribution in [2.24, 2.45) is 0 Å². The van der Waals surface area contributed by atoms with E-state index in [-0.39, 0.29) is 48.7 Å². The molecule has 1 saturated carbocycles. The highest BCUT2D eigenvalue weighted by atomic mass is 19.3. The van der Waals surface area contributed by atoms with E-state index in [1.807, 2.05) is 0 Å². The summed E-state index contributed by atoms with van der Waals surface area (Å²) in [4.78, 5) is 12.7. The highest BCUT2D eigenvalue weighted by Gasteiger charge is 2.35. The Hall–Kier alpha value is -3.04. The third-order valence-corrected chi connectivity index (χ3v) is 6.22. The first-order valence-electron chi connectivity index (χ1n) is 10.7. The SMILES string of the molecule is Cc1nnc(N[C@H](C)c2cccc(C(F)F)c2F)c2cn(C3CCC(F)(F)CC3)c(=O)cc12. The number of benzene rings is 1. The summed E-state index contributed by atoms with van der Waals surface area (Å²) in [5, 5.41) is 12.2. The monoisotopic (exact) mass is 466 g/mol. The van der Waals surface area contributed by atoms with E-state index in [4.69, 9.17) is 0 Å². The molecule has 10 heteroatoms. The average molecular weight is 466 g/mol. The number of nitrogens with zero attached hydrogens (tertiary/aromatic N) is 3. The van der Waals surface area contributed by atoms with Gasteiger partial charge in [-0.1, -0.05) is 18.2 Å². The molecule has 1 aliphatic carbocycles. The van der Waals surface area contributed by atoms with Crippen LogP contribution in [0.1, 0.15) is 67.9 Å². The first-order valence-corrected chi connectivity index (χ1v) is 10.7. The molecular weight excluding hydrogens is 443 g/mol. The van der Waals surface area contributed by atoms with Crippen LogP contribution in [0, 0.1) is 12.7 Å². The number of fused-ring (bicyclic) bond motifs is 1. The molecule has 5 nitrogen and oxygen atoms in total. The summed E-state index contributed by atoms with van der Waals surface area (Å²) in [5.41, 5.74) is -0.493. The summed E-state index contributed by atoms with van der Waals surface area (Å²) in [5.74, 6) is -3.49. The second kappa shape index (κ2) is 8.72. The lowest BCUT2D eigenvalue weighted by atomic mass is 9.92. The Kier molecular flexibility index (Phi) is 6.11. The molecule has 1 aliphatic rings. The van der Waals surface area contributed by atoms with E-state index < -0.39 is 29.8 Å². The van der Waals surface area contributed by atoms with Crippen LogP contribution >= 0.6 is 0 Å². The summed E-state index contributed by atoms with van der Waals surface area (Å²) in [6, 6.07) is 4.07. The second-order valence-corrected chi connectivity index (χ2v) is 8.48. The van der Waals surface area contributed by atoms with E-state index in [9.17, 15) is 26.7 Å². The van der Waals surface area contributed by atoms with Gasteiger partial charge >= 0.3 is 0 Å². The fraction of sp³-hybridized carbons (Fsp3) is 0.435. The Bertz CT molecular complexity index is 1230. The lowest BCUT2D eigenvalue weighted by Crippen LogP contribution is -2.31. The van der Waals surface area contributed by atoms with Crippen molar-refractivity contribution in [2.75, 3.05) is 5.32 Å². The summed E-state index contributed by atoms with van der Waals surface area (Å²) < 4.78 is 69.4. The molecular formula is C23H23F5N4O. The van der Waals surface area contributed by atoms with Crippen molar-refractivity contribution in [3.05, 3.63) is 63.5 Å². The van der Waals surface area contributed by atoms with Crippen molar-refractivity contribution in [1.82, 2.24) is 14.8 Å². The highest BCUT2D eigenvalue weighted by Crippen LogP contribution is 2.38. The number of pyridine rings is 1. The number of alkyl halides is 4. The Morgan fingerprint density at radius 1 is 1.12 bits per heavy atom. The predicted molar refractivity (Wildman–Crippen MR) is 114 cm³/mol. The molecule has 0 unspecified atom stereocenters. The molecule has 0 amide bonds. The Labute approximate surface area is 186 Å². The Balaban J connectivity index is 1.72. The number of halogens is 5. The smallest absolute Gasteiger partial charge is 0.266 e. The van der Waals surface area contributed by atoms with Crippen LogP contribution in [0.25, 0.3) is 10.8 Å². The number of aryl methyl sites for hydroxylation is 1. The molecule has 2 aromatic heterocycles. The number of hydrogen-bond donors (Lipinski definition) is 1. The molecule has 0 aliphatic heterocycles. The number of rotatable bonds is 5. The third kappa shape index (κ3) is 4.56. The van der Waals surface area contributed by atoms with Crippen molar-refractivity contribution in [1.29, 1.82) is 0 Å². The van der Waals surface area contributed by atoms with Crippen LogP contribution < -0.4 is 10.9 Å². The predicted octanol–water partition coefficient (Wildman–Crippen LogP) is 6.10. The van der Waals surface area contributed by atoms with Gasteiger partial charge in [-0.3, -0.25) is 4.79 Å². The quantitative estimate of drug-likeness (QED) is 0.462. The van der Waals surface area contributed by atoms with Gasteiger partial charge in [-0.25, -0.2) is 22.0 Å². The van der Waals surface area contributed by atoms with Gasteiger partial charge in [0.2, 0.25) is 5.92 Å². The van der Waals surface area contributed by atoms with Gasteiger partial charge in [0.1, 0.15) is 5.82 Å². The third-order valence-electron chi connectivity index (χ3n) is 6.22. The normalized spacial score (nSPS) is 17.5. The minimum Gasteiger partial charge on any atom is -0.361 e. The fourth-order valence-corrected chi connectivity index (χ4v) is 4.32. The first-order chi connectivity index (χ1) is 15.6. The van der Waals surface area contributed by atoms with Gasteiger partial charge < -0.3 is 9.88 Å². The van der Waals surface area contributed by atoms with E-state index in [2.05, 4.69) is 15.5 Å². The highest BCUT2D eigenvalue weighted by molar-refractivity contribution is 5.92. The zero-order valence-corrected chi connectivity index (χ0v) is 18.1. The lowest BCUT2D eigenvalue weighted by Gasteiger charge is -2.29. The van der Waals surface area contributed by atoms with Gasteiger partial charge in [-0.15, -0.1) is 5.10 Å². The number of anilines is 1. The van der Waals surface area contributed by atoms with Crippen molar-refractivity contribution in [3.8, 4) is 0 Å². The lowest BCUT2D eigenvalue weighted by molar-refractivity contribution is -0.0442. The largest absolute Gasteiger partial charge is 0.361 e. The van der Waals surface area contributed by atoms with Crippen LogP contribution in [-0.2, 0) is 0 Å². The number of hydrogen-bond acceptors (Lipinski definition) is 4. The zero-order chi connectivity index (χ0) is 23.9. The molecule has 0 radical (unpaired) electrons. The molecule has 1 fully saturated rings. The molecule has 1 N–H and O–H groups in total. The van der Waals surface area contributed by atoms with Gasteiger partial charge in [-0.2, -0.15) is 5.10 Å². The van der Waals surface area contributed by atoms with Crippen LogP contribution in [-0.4, -0.2) is 20.7 Å². The second-order valence-electron chi connectivity index (χ2n) is 8.48. The Morgan fingerprint density at radius 2 is 1.79 bits per heavy atom. The zero-order valence-electron chi connectivity index (χ0n) is 18.1. The maximum Gasteiger partial charge on any atom is 0.266 e. The molecule has 1 aromatic carbocycles. The van der Waals surface area contributed by atoms with Gasteiger partial charge in [-0.05, 0) is 26.7 Å². The van der Waals surface area contributed by atoms with E-state index in [0.717, 1.165) is 6.07 Å². The minimum absolute atomic E-state index is 0.0335. The fourth-order valence-electron chi connectivity index (χ4n) is 4.32. The summed E-state index contributed by atoms with van der Waals surface area (Å²) >= 11 is 0. The van der Waals surface area contributed by atoms with Crippen molar-refractivity contribution in [2.45, 2.75) is 64.0 Å². The number of aromatic nitrogens is 3. The van der Waals surface area contributed by atoms with E-state index in [1.54, 1.807) is 20.0 Å². The van der Waals surface area contributed by atoms with Crippen LogP contribution in [0.2, 0.25) is 0 Å². The maximum absolute atomic E-state index is 14.6. The maximum atomic E-state index is 14.6. The Morgan fingerprint density at radius 3 is 2.45 bits per heavy atom. The summed E-state index contributed by atoms with van der Waals surface area (Å²) in [6.45, 7) is 3.28. The van der Waals surface area contributed by atoms with Crippen LogP contribution in [0.5, 0.6) is 0 Å². The summed E-state index contributed by atoms with van der Waals surface area (Å²) in [6.07, 6.45) is -1.64. The van der Waals surface area contributed by atoms with Crippen molar-refractivity contribution in [3.63, 3.8) is 0 Å². The van der Waals surface area contributed by atoms with Gasteiger partial charge in [0.15, 0.2) is 5.82 Å². The molecule has 4 rings (SSSR count). The molecule has 0 bridgehead atoms. The number of nitrogens with one attached hydrogen (secondary N) is 1. The minimum atomic E-state index is -2.95. The molecule has 33 heavy (non-hydrogen) atoms. The topological polar surface area (TPSA) is 59.8 Å². The van der Waals surface area contributed by atoms with Crippen LogP contribution in [0.3, 0.4) is 0 Å². The van der Waals surface area contributed by atoms with Gasteiger partial charge in [0.05, 0.1) is 17.3 Å². The van der Waals surface area contributed by atoms with E-state index >= 15 is 0 Å². The molecule has 0 spiro atoms. The standard InChI is InChI=1S/C23H23F5N4O/c1-12(15-4-3-5-16(20(15)24)21(25)26)29-22-18-11-32(14-6-8-23(27,28)9-7-14)19(33)10-17(18)13(2)30-31-22/h3-5,10-12,14,21H,6-9H2,1-2H3,(H,29,31)/t12-/m1/s1.